The maximum Gasteiger partial charge on any atom is 0.263 e. The molecule has 0 N–H and O–H groups in total. The number of aromatic nitrogens is 3. The van der Waals surface area contributed by atoms with Crippen molar-refractivity contribution >= 4 is 22.5 Å². The van der Waals surface area contributed by atoms with Gasteiger partial charge in [0, 0.05) is 29.2 Å². The Bertz CT molecular complexity index is 1100. The van der Waals surface area contributed by atoms with Gasteiger partial charge in [-0.25, -0.2) is 0 Å². The fraction of sp³-hybridized carbons (Fsp3) is 0.0556. The summed E-state index contributed by atoms with van der Waals surface area (Å²) in [6.45, 7) is 0. The van der Waals surface area contributed by atoms with Crippen LogP contribution >= 0.6 is 11.6 Å². The second-order valence-electron chi connectivity index (χ2n) is 5.43. The summed E-state index contributed by atoms with van der Waals surface area (Å²) in [5, 5.41) is 5.21. The van der Waals surface area contributed by atoms with Crippen molar-refractivity contribution in [2.75, 3.05) is 0 Å². The van der Waals surface area contributed by atoms with Crippen LogP contribution in [0.5, 0.6) is 0 Å². The average Bonchev–Trinajstić information content (AvgIpc) is 3.08. The number of rotatable bonds is 2. The second-order valence-corrected chi connectivity index (χ2v) is 5.87. The lowest BCUT2D eigenvalue weighted by atomic mass is 10.1. The lowest BCUT2D eigenvalue weighted by Gasteiger charge is -2.06. The van der Waals surface area contributed by atoms with Gasteiger partial charge in [-0.2, -0.15) is 4.98 Å². The van der Waals surface area contributed by atoms with Gasteiger partial charge in [0.1, 0.15) is 5.56 Å². The van der Waals surface area contributed by atoms with E-state index in [-0.39, 0.29) is 11.3 Å². The molecule has 0 aliphatic heterocycles. The number of pyridine rings is 1. The Morgan fingerprint density at radius 3 is 2.62 bits per heavy atom. The topological polar surface area (TPSA) is 60.9 Å². The zero-order chi connectivity index (χ0) is 16.7. The van der Waals surface area contributed by atoms with Crippen LogP contribution in [0.3, 0.4) is 0 Å². The van der Waals surface area contributed by atoms with Crippen LogP contribution in [0.1, 0.15) is 0 Å². The van der Waals surface area contributed by atoms with Crippen molar-refractivity contribution in [3.63, 3.8) is 0 Å². The Kier molecular flexibility index (Phi) is 3.43. The first-order chi connectivity index (χ1) is 11.6. The molecule has 0 saturated heterocycles. The Morgan fingerprint density at radius 1 is 1.08 bits per heavy atom. The van der Waals surface area contributed by atoms with Crippen molar-refractivity contribution in [3.05, 3.63) is 70.0 Å². The lowest BCUT2D eigenvalue weighted by Crippen LogP contribution is -2.10. The number of hydrogen-bond acceptors (Lipinski definition) is 4. The van der Waals surface area contributed by atoms with Gasteiger partial charge in [0.05, 0.1) is 5.52 Å². The first-order valence-electron chi connectivity index (χ1n) is 7.32. The van der Waals surface area contributed by atoms with Gasteiger partial charge in [0.2, 0.25) is 11.3 Å². The summed E-state index contributed by atoms with van der Waals surface area (Å²) in [6.07, 6.45) is 1.71. The summed E-state index contributed by atoms with van der Waals surface area (Å²) in [7, 11) is 1.88. The van der Waals surface area contributed by atoms with E-state index in [1.165, 1.54) is 0 Å². The monoisotopic (exact) mass is 337 g/mol. The van der Waals surface area contributed by atoms with E-state index in [2.05, 4.69) is 10.1 Å². The summed E-state index contributed by atoms with van der Waals surface area (Å²) in [4.78, 5) is 17.1. The normalized spacial score (nSPS) is 11.1. The molecular formula is C18H12ClN3O2. The largest absolute Gasteiger partial charge is 0.350 e. The van der Waals surface area contributed by atoms with Crippen LogP contribution in [0.4, 0.5) is 0 Å². The summed E-state index contributed by atoms with van der Waals surface area (Å²) in [6, 6.07) is 14.5. The Hall–Kier alpha value is -2.92. The molecule has 0 aliphatic rings. The first-order valence-corrected chi connectivity index (χ1v) is 7.70. The molecule has 6 heteroatoms. The Balaban J connectivity index is 1.86. The van der Waals surface area contributed by atoms with E-state index in [0.29, 0.717) is 21.8 Å². The van der Waals surface area contributed by atoms with E-state index < -0.39 is 0 Å². The van der Waals surface area contributed by atoms with Gasteiger partial charge in [-0.05, 0) is 36.4 Å². The summed E-state index contributed by atoms with van der Waals surface area (Å²) in [5.74, 6) is 0.614. The fourth-order valence-electron chi connectivity index (χ4n) is 2.64. The van der Waals surface area contributed by atoms with Crippen LogP contribution < -0.4 is 5.43 Å². The summed E-state index contributed by atoms with van der Waals surface area (Å²) < 4.78 is 7.19. The molecule has 5 nitrogen and oxygen atoms in total. The second kappa shape index (κ2) is 5.62. The van der Waals surface area contributed by atoms with Gasteiger partial charge in [-0.1, -0.05) is 28.9 Å². The van der Waals surface area contributed by atoms with E-state index in [0.717, 1.165) is 11.1 Å². The minimum Gasteiger partial charge on any atom is -0.350 e. The molecule has 24 heavy (non-hydrogen) atoms. The first kappa shape index (κ1) is 14.7. The van der Waals surface area contributed by atoms with Crippen molar-refractivity contribution in [2.45, 2.75) is 0 Å². The molecule has 2 aromatic carbocycles. The number of fused-ring (bicyclic) bond motifs is 1. The SMILES string of the molecule is Cn1cc(-c2nc(-c3ccc(Cl)cc3)no2)c(=O)c2ccccc21. The quantitative estimate of drug-likeness (QED) is 0.556. The predicted octanol–water partition coefficient (Wildman–Crippen LogP) is 3.91. The number of halogens is 1. The minimum absolute atomic E-state index is 0.130. The molecule has 4 rings (SSSR count). The van der Waals surface area contributed by atoms with Crippen LogP contribution in [-0.4, -0.2) is 14.7 Å². The van der Waals surface area contributed by atoms with Crippen molar-refractivity contribution in [3.8, 4) is 22.8 Å². The molecule has 0 atom stereocenters. The van der Waals surface area contributed by atoms with E-state index in [1.807, 2.05) is 29.8 Å². The number of aryl methyl sites for hydroxylation is 1. The van der Waals surface area contributed by atoms with Gasteiger partial charge in [0.25, 0.3) is 5.89 Å². The summed E-state index contributed by atoms with van der Waals surface area (Å²) >= 11 is 5.89. The highest BCUT2D eigenvalue weighted by Crippen LogP contribution is 2.23. The maximum absolute atomic E-state index is 12.7. The van der Waals surface area contributed by atoms with Gasteiger partial charge in [-0.15, -0.1) is 0 Å². The van der Waals surface area contributed by atoms with Gasteiger partial charge in [0.15, 0.2) is 0 Å². The number of hydrogen-bond donors (Lipinski definition) is 0. The zero-order valence-electron chi connectivity index (χ0n) is 12.7. The van der Waals surface area contributed by atoms with E-state index >= 15 is 0 Å². The highest BCUT2D eigenvalue weighted by atomic mass is 35.5. The van der Waals surface area contributed by atoms with Crippen LogP contribution in [0.25, 0.3) is 33.7 Å². The molecule has 0 radical (unpaired) electrons. The molecule has 2 heterocycles. The molecule has 0 saturated carbocycles. The van der Waals surface area contributed by atoms with Crippen molar-refractivity contribution in [2.24, 2.45) is 7.05 Å². The van der Waals surface area contributed by atoms with Crippen molar-refractivity contribution in [1.82, 2.24) is 14.7 Å². The highest BCUT2D eigenvalue weighted by Gasteiger charge is 2.16. The van der Waals surface area contributed by atoms with Crippen LogP contribution in [0, 0.1) is 0 Å². The molecular weight excluding hydrogens is 326 g/mol. The molecule has 0 amide bonds. The fourth-order valence-corrected chi connectivity index (χ4v) is 2.77. The lowest BCUT2D eigenvalue weighted by molar-refractivity contribution is 0.432. The van der Waals surface area contributed by atoms with Crippen LogP contribution in [0.2, 0.25) is 5.02 Å². The molecule has 0 spiro atoms. The Labute approximate surface area is 142 Å². The average molecular weight is 338 g/mol. The van der Waals surface area contributed by atoms with E-state index in [9.17, 15) is 4.79 Å². The standard InChI is InChI=1S/C18H12ClN3O2/c1-22-10-14(16(23)13-4-2-3-5-15(13)22)18-20-17(21-24-18)11-6-8-12(19)9-7-11/h2-10H,1H3. The molecule has 0 bridgehead atoms. The van der Waals surface area contributed by atoms with Crippen LogP contribution in [0.15, 0.2) is 64.0 Å². The number of para-hydroxylation sites is 1. The Morgan fingerprint density at radius 2 is 1.83 bits per heavy atom. The van der Waals surface area contributed by atoms with Gasteiger partial charge >= 0.3 is 0 Å². The molecule has 118 valence electrons. The maximum atomic E-state index is 12.7. The molecule has 0 aliphatic carbocycles. The van der Waals surface area contributed by atoms with E-state index in [4.69, 9.17) is 16.1 Å². The molecule has 4 aromatic rings. The van der Waals surface area contributed by atoms with Gasteiger partial charge < -0.3 is 9.09 Å². The third-order valence-electron chi connectivity index (χ3n) is 3.85. The third kappa shape index (κ3) is 2.39. The van der Waals surface area contributed by atoms with Crippen molar-refractivity contribution < 1.29 is 4.52 Å². The highest BCUT2D eigenvalue weighted by molar-refractivity contribution is 6.30. The molecule has 2 aromatic heterocycles. The van der Waals surface area contributed by atoms with Crippen LogP contribution in [-0.2, 0) is 7.05 Å². The zero-order valence-corrected chi connectivity index (χ0v) is 13.5. The molecule has 0 fully saturated rings. The predicted molar refractivity (Wildman–Crippen MR) is 92.9 cm³/mol. The van der Waals surface area contributed by atoms with E-state index in [1.54, 1.807) is 36.5 Å². The molecule has 0 unspecified atom stereocenters. The minimum atomic E-state index is -0.130. The smallest absolute Gasteiger partial charge is 0.263 e. The summed E-state index contributed by atoms with van der Waals surface area (Å²) in [5.41, 5.74) is 1.87. The van der Waals surface area contributed by atoms with Gasteiger partial charge in [-0.3, -0.25) is 4.79 Å². The van der Waals surface area contributed by atoms with Crippen molar-refractivity contribution in [1.29, 1.82) is 0 Å². The number of nitrogens with zero attached hydrogens (tertiary/aromatic N) is 3. The number of benzene rings is 2. The third-order valence-corrected chi connectivity index (χ3v) is 4.11.